The van der Waals surface area contributed by atoms with Gasteiger partial charge >= 0.3 is 0 Å². The number of nitrogens with zero attached hydrogens (tertiary/aromatic N) is 4. The Morgan fingerprint density at radius 3 is 2.66 bits per heavy atom. The summed E-state index contributed by atoms with van der Waals surface area (Å²) in [6.45, 7) is 6.67. The predicted molar refractivity (Wildman–Crippen MR) is 175 cm³/mol. The molecule has 4 aromatic rings. The van der Waals surface area contributed by atoms with Gasteiger partial charge in [0.05, 0.1) is 29.4 Å². The molecule has 4 heterocycles. The van der Waals surface area contributed by atoms with E-state index in [-0.39, 0.29) is 18.0 Å². The van der Waals surface area contributed by atoms with E-state index in [1.54, 1.807) is 36.5 Å². The molecule has 2 fully saturated rings. The second-order valence-electron chi connectivity index (χ2n) is 11.3. The van der Waals surface area contributed by atoms with Crippen molar-refractivity contribution in [3.05, 3.63) is 75.2 Å². The van der Waals surface area contributed by atoms with Crippen molar-refractivity contribution in [3.63, 3.8) is 0 Å². The summed E-state index contributed by atoms with van der Waals surface area (Å²) < 4.78 is 11.6. The van der Waals surface area contributed by atoms with Gasteiger partial charge in [-0.05, 0) is 48.4 Å². The number of fused-ring (bicyclic) bond motifs is 1. The summed E-state index contributed by atoms with van der Waals surface area (Å²) in [6.07, 6.45) is 0.735. The molecular formula is C31H36ClN7O4S. The van der Waals surface area contributed by atoms with Gasteiger partial charge in [0.15, 0.2) is 0 Å². The van der Waals surface area contributed by atoms with Gasteiger partial charge < -0.3 is 34.7 Å². The minimum Gasteiger partial charge on any atom is -0.616 e. The van der Waals surface area contributed by atoms with Crippen LogP contribution < -0.4 is 15.8 Å². The van der Waals surface area contributed by atoms with Gasteiger partial charge in [-0.25, -0.2) is 4.98 Å². The summed E-state index contributed by atoms with van der Waals surface area (Å²) >= 11 is 5.33. The van der Waals surface area contributed by atoms with Gasteiger partial charge in [0.25, 0.3) is 5.56 Å². The maximum absolute atomic E-state index is 13.0. The van der Waals surface area contributed by atoms with E-state index >= 15 is 0 Å². The fourth-order valence-electron chi connectivity index (χ4n) is 5.81. The molecule has 0 bridgehead atoms. The Morgan fingerprint density at radius 1 is 1.14 bits per heavy atom. The number of hydrogen-bond acceptors (Lipinski definition) is 8. The highest BCUT2D eigenvalue weighted by atomic mass is 35.5. The first kappa shape index (κ1) is 30.5. The monoisotopic (exact) mass is 637 g/mol. The number of aromatic amines is 2. The minimum atomic E-state index is -0.825. The average Bonchev–Trinajstić information content (AvgIpc) is 3.45. The number of aliphatic hydroxyl groups excluding tert-OH is 1. The number of hydrogen-bond donors (Lipinski definition) is 4. The highest BCUT2D eigenvalue weighted by Crippen LogP contribution is 2.30. The number of carbonyl (C=O) groups excluding carboxylic acids is 1. The molecule has 2 aromatic carbocycles. The lowest BCUT2D eigenvalue weighted by Gasteiger charge is -2.37. The van der Waals surface area contributed by atoms with Crippen molar-refractivity contribution in [1.82, 2.24) is 24.8 Å². The number of aromatic nitrogens is 3. The molecule has 2 aliphatic heterocycles. The molecule has 2 saturated heterocycles. The molecule has 13 heteroatoms. The van der Waals surface area contributed by atoms with Gasteiger partial charge in [-0.2, -0.15) is 0 Å². The van der Waals surface area contributed by atoms with Gasteiger partial charge in [-0.15, -0.1) is 0 Å². The highest BCUT2D eigenvalue weighted by molar-refractivity contribution is 7.91. The number of rotatable bonds is 8. The summed E-state index contributed by atoms with van der Waals surface area (Å²) in [5.41, 5.74) is 4.86. The van der Waals surface area contributed by atoms with E-state index in [1.165, 1.54) is 0 Å². The molecule has 2 aromatic heterocycles. The third-order valence-corrected chi connectivity index (χ3v) is 9.82. The molecule has 0 aliphatic carbocycles. The zero-order valence-electron chi connectivity index (χ0n) is 24.5. The zero-order chi connectivity index (χ0) is 30.8. The zero-order valence-corrected chi connectivity index (χ0v) is 26.1. The third-order valence-electron chi connectivity index (χ3n) is 8.31. The first-order valence-corrected chi connectivity index (χ1v) is 16.6. The molecule has 0 radical (unpaired) electrons. The number of amides is 1. The van der Waals surface area contributed by atoms with E-state index in [1.807, 2.05) is 17.9 Å². The lowest BCUT2D eigenvalue weighted by atomic mass is 10.1. The van der Waals surface area contributed by atoms with Crippen molar-refractivity contribution in [1.29, 1.82) is 0 Å². The van der Waals surface area contributed by atoms with Crippen molar-refractivity contribution in [2.75, 3.05) is 74.1 Å². The molecule has 6 rings (SSSR count). The molecule has 1 atom stereocenters. The van der Waals surface area contributed by atoms with Crippen LogP contribution in [0.15, 0.2) is 53.5 Å². The number of anilines is 2. The normalized spacial score (nSPS) is 17.3. The van der Waals surface area contributed by atoms with Crippen LogP contribution in [0.4, 0.5) is 11.4 Å². The number of piperazine rings is 1. The number of aryl methyl sites for hydroxylation is 1. The van der Waals surface area contributed by atoms with Crippen LogP contribution in [0.25, 0.3) is 22.4 Å². The van der Waals surface area contributed by atoms with Gasteiger partial charge in [-0.3, -0.25) is 14.5 Å². The molecule has 1 amide bonds. The number of H-pyrrole nitrogens is 2. The van der Waals surface area contributed by atoms with Gasteiger partial charge in [-0.1, -0.05) is 34.9 Å². The van der Waals surface area contributed by atoms with Crippen molar-refractivity contribution in [3.8, 4) is 11.4 Å². The first-order chi connectivity index (χ1) is 21.2. The van der Waals surface area contributed by atoms with Gasteiger partial charge in [0, 0.05) is 62.7 Å². The maximum atomic E-state index is 13.0. The Balaban J connectivity index is 1.15. The number of aliphatic hydroxyl groups is 1. The molecule has 0 unspecified atom stereocenters. The fraction of sp³-hybridized carbons (Fsp3) is 0.387. The average molecular weight is 638 g/mol. The molecule has 0 saturated carbocycles. The Hall–Kier alpha value is -3.55. The topological polar surface area (TPSA) is 144 Å². The van der Waals surface area contributed by atoms with E-state index in [2.05, 4.69) is 31.2 Å². The van der Waals surface area contributed by atoms with Gasteiger partial charge in [0.2, 0.25) is 5.91 Å². The molecule has 11 nitrogen and oxygen atoms in total. The van der Waals surface area contributed by atoms with Crippen LogP contribution in [0.1, 0.15) is 17.2 Å². The van der Waals surface area contributed by atoms with Crippen molar-refractivity contribution in [2.24, 2.45) is 0 Å². The minimum absolute atomic E-state index is 0.125. The number of imidazole rings is 1. The lowest BCUT2D eigenvalue weighted by molar-refractivity contribution is -0.132. The van der Waals surface area contributed by atoms with Gasteiger partial charge in [0.1, 0.15) is 22.9 Å². The Labute approximate surface area is 263 Å². The predicted octanol–water partition coefficient (Wildman–Crippen LogP) is 2.74. The van der Waals surface area contributed by atoms with Crippen molar-refractivity contribution >= 4 is 51.1 Å². The Morgan fingerprint density at radius 2 is 1.91 bits per heavy atom. The van der Waals surface area contributed by atoms with E-state index in [0.717, 1.165) is 22.3 Å². The summed E-state index contributed by atoms with van der Waals surface area (Å²) in [5, 5.41) is 14.4. The van der Waals surface area contributed by atoms with Crippen LogP contribution in [0.3, 0.4) is 0 Å². The first-order valence-electron chi connectivity index (χ1n) is 14.7. The fourth-order valence-corrected chi connectivity index (χ4v) is 7.14. The Bertz CT molecular complexity index is 1700. The van der Waals surface area contributed by atoms with Crippen LogP contribution in [-0.4, -0.2) is 104 Å². The molecular weight excluding hydrogens is 602 g/mol. The number of pyridine rings is 1. The largest absolute Gasteiger partial charge is 0.616 e. The van der Waals surface area contributed by atoms with E-state index < -0.39 is 17.3 Å². The van der Waals surface area contributed by atoms with Crippen molar-refractivity contribution < 1.29 is 14.5 Å². The highest BCUT2D eigenvalue weighted by Gasteiger charge is 2.26. The molecule has 4 N–H and O–H groups in total. The molecule has 44 heavy (non-hydrogen) atoms. The number of halogens is 1. The number of carbonyl (C=O) groups is 1. The Kier molecular flexibility index (Phi) is 9.15. The number of benzene rings is 2. The van der Waals surface area contributed by atoms with Crippen LogP contribution in [-0.2, 0) is 16.0 Å². The molecule has 2 aliphatic rings. The third kappa shape index (κ3) is 6.74. The second-order valence-corrected chi connectivity index (χ2v) is 13.4. The number of nitrogens with one attached hydrogen (secondary N) is 3. The van der Waals surface area contributed by atoms with Crippen LogP contribution in [0.5, 0.6) is 0 Å². The van der Waals surface area contributed by atoms with E-state index in [9.17, 15) is 19.2 Å². The summed E-state index contributed by atoms with van der Waals surface area (Å²) in [6, 6.07) is 12.9. The summed E-state index contributed by atoms with van der Waals surface area (Å²) in [4.78, 5) is 43.1. The van der Waals surface area contributed by atoms with E-state index in [0.29, 0.717) is 85.0 Å². The van der Waals surface area contributed by atoms with Crippen LogP contribution in [0, 0.1) is 6.92 Å². The summed E-state index contributed by atoms with van der Waals surface area (Å²) in [7, 11) is 0. The standard InChI is InChI=1S/C31H36ClN7O4S/c1-20-15-23(38-7-9-39(10-8-38)27(41)19-37-11-13-44(43)14-12-37)17-25-29(20)36-30(35-25)28-24(5-6-33-31(28)42)34-18-26(40)21-3-2-4-22(32)16-21/h2-6,15-17,26,40H,7-14,18-19H2,1H3,(H,35,36)(H2,33,34,42)/t26-/m1/s1. The maximum Gasteiger partial charge on any atom is 0.261 e. The van der Waals surface area contributed by atoms with Crippen LogP contribution >= 0.6 is 11.6 Å². The smallest absolute Gasteiger partial charge is 0.261 e. The second kappa shape index (κ2) is 13.2. The van der Waals surface area contributed by atoms with Crippen molar-refractivity contribution in [2.45, 2.75) is 13.0 Å². The SMILES string of the molecule is Cc1cc(N2CCN(C(=O)CN3CC[S+]([O-])CC3)CC2)cc2[nH]c(-c3c(NC[C@@H](O)c4cccc(Cl)c4)cc[nH]c3=O)nc12. The van der Waals surface area contributed by atoms with Crippen LogP contribution in [0.2, 0.25) is 5.02 Å². The molecule has 232 valence electrons. The lowest BCUT2D eigenvalue weighted by Crippen LogP contribution is -2.52. The molecule has 0 spiro atoms. The summed E-state index contributed by atoms with van der Waals surface area (Å²) in [5.74, 6) is 1.84. The quantitative estimate of drug-likeness (QED) is 0.216. The van der Waals surface area contributed by atoms with E-state index in [4.69, 9.17) is 16.6 Å².